The molecule has 1 saturated heterocycles. The Morgan fingerprint density at radius 3 is 2.28 bits per heavy atom. The lowest BCUT2D eigenvalue weighted by molar-refractivity contribution is -0.121. The largest absolute Gasteiger partial charge is 0.381 e. The molecule has 1 atom stereocenters. The van der Waals surface area contributed by atoms with E-state index in [1.165, 1.54) is 12.8 Å². The van der Waals surface area contributed by atoms with Crippen molar-refractivity contribution < 1.29 is 18.7 Å². The van der Waals surface area contributed by atoms with Crippen molar-refractivity contribution in [3.63, 3.8) is 0 Å². The number of nitrogens with one attached hydrogen (secondary N) is 3. The van der Waals surface area contributed by atoms with Gasteiger partial charge in [0.2, 0.25) is 11.9 Å². The minimum atomic E-state index is -0.785. The minimum absolute atomic E-state index is 0.0183. The highest BCUT2D eigenvalue weighted by Gasteiger charge is 2.41. The lowest BCUT2D eigenvalue weighted by Gasteiger charge is -2.41. The average molecular weight is 648 g/mol. The summed E-state index contributed by atoms with van der Waals surface area (Å²) in [4.78, 5) is 32.6. The van der Waals surface area contributed by atoms with Gasteiger partial charge in [0.1, 0.15) is 11.9 Å². The standard InChI is InChI=1S/C36H50FN7O3/c1-4-29-31(22(2)42-43-29)27-15-16-30(39-34(27)37)40-36(46)33(32(24-11-7-5-8-12-24)25-13-9-6-10-14-25)41-35(45)28-21-38-44(23(28)3)26-17-19-47-20-18-26/h15-16,21,24-26,32-33H,4-14,17-20H2,1-3H3,(H,41,45)(H,42,43)(H,39,40,46)/t33-/m0/s1. The number of H-pyrrole nitrogens is 1. The maximum atomic E-state index is 15.5. The number of amides is 2. The molecule has 0 unspecified atom stereocenters. The third kappa shape index (κ3) is 7.29. The number of carbonyl (C=O) groups is 2. The van der Waals surface area contributed by atoms with Crippen molar-refractivity contribution in [3.8, 4) is 11.1 Å². The van der Waals surface area contributed by atoms with E-state index >= 15 is 4.39 Å². The number of pyridine rings is 1. The van der Waals surface area contributed by atoms with Gasteiger partial charge in [0.05, 0.1) is 23.5 Å². The maximum absolute atomic E-state index is 15.5. The van der Waals surface area contributed by atoms with Crippen LogP contribution in [0.2, 0.25) is 0 Å². The Bertz CT molecular complexity index is 1520. The van der Waals surface area contributed by atoms with Crippen molar-refractivity contribution in [2.75, 3.05) is 18.5 Å². The fourth-order valence-electron chi connectivity index (χ4n) is 8.45. The molecule has 11 heteroatoms. The van der Waals surface area contributed by atoms with Crippen LogP contribution in [0, 0.1) is 37.5 Å². The summed E-state index contributed by atoms with van der Waals surface area (Å²) < 4.78 is 23.0. The first kappa shape index (κ1) is 33.3. The molecule has 2 saturated carbocycles. The van der Waals surface area contributed by atoms with Crippen LogP contribution in [0.5, 0.6) is 0 Å². The van der Waals surface area contributed by atoms with Crippen LogP contribution in [-0.4, -0.2) is 56.0 Å². The normalized spacial score (nSPS) is 19.2. The van der Waals surface area contributed by atoms with Gasteiger partial charge in [-0.3, -0.25) is 19.4 Å². The molecule has 3 aliphatic rings. The topological polar surface area (TPSA) is 127 Å². The summed E-state index contributed by atoms with van der Waals surface area (Å²) in [7, 11) is 0. The first-order valence-electron chi connectivity index (χ1n) is 17.8. The van der Waals surface area contributed by atoms with E-state index in [1.807, 2.05) is 25.5 Å². The molecule has 254 valence electrons. The van der Waals surface area contributed by atoms with E-state index in [0.717, 1.165) is 81.3 Å². The van der Waals surface area contributed by atoms with Crippen molar-refractivity contribution >= 4 is 17.6 Å². The highest BCUT2D eigenvalue weighted by atomic mass is 19.1. The number of aromatic nitrogens is 5. The Labute approximate surface area is 277 Å². The molecule has 1 aliphatic heterocycles. The van der Waals surface area contributed by atoms with Crippen LogP contribution in [0.4, 0.5) is 10.2 Å². The maximum Gasteiger partial charge on any atom is 0.255 e. The van der Waals surface area contributed by atoms with Gasteiger partial charge in [0, 0.05) is 35.7 Å². The Morgan fingerprint density at radius 2 is 1.66 bits per heavy atom. The highest BCUT2D eigenvalue weighted by Crippen LogP contribution is 2.42. The van der Waals surface area contributed by atoms with Gasteiger partial charge < -0.3 is 15.4 Å². The van der Waals surface area contributed by atoms with Gasteiger partial charge in [-0.15, -0.1) is 0 Å². The fourth-order valence-corrected chi connectivity index (χ4v) is 8.45. The molecule has 0 spiro atoms. The van der Waals surface area contributed by atoms with Gasteiger partial charge in [0.15, 0.2) is 0 Å². The molecule has 3 aromatic heterocycles. The lowest BCUT2D eigenvalue weighted by atomic mass is 9.66. The predicted octanol–water partition coefficient (Wildman–Crippen LogP) is 6.85. The second-order valence-electron chi connectivity index (χ2n) is 13.8. The zero-order valence-electron chi connectivity index (χ0n) is 28.1. The van der Waals surface area contributed by atoms with Crippen LogP contribution >= 0.6 is 0 Å². The number of aromatic amines is 1. The van der Waals surface area contributed by atoms with Gasteiger partial charge in [-0.2, -0.15) is 14.6 Å². The number of carbonyl (C=O) groups excluding carboxylic acids is 2. The third-order valence-corrected chi connectivity index (χ3v) is 10.9. The number of aryl methyl sites for hydroxylation is 2. The minimum Gasteiger partial charge on any atom is -0.381 e. The Morgan fingerprint density at radius 1 is 1.00 bits per heavy atom. The average Bonchev–Trinajstić information content (AvgIpc) is 3.67. The number of rotatable bonds is 10. The number of halogens is 1. The van der Waals surface area contributed by atoms with Gasteiger partial charge in [0.25, 0.3) is 5.91 Å². The molecule has 0 bridgehead atoms. The molecule has 6 rings (SSSR count). The van der Waals surface area contributed by atoms with E-state index in [0.29, 0.717) is 48.2 Å². The monoisotopic (exact) mass is 647 g/mol. The number of hydrogen-bond donors (Lipinski definition) is 3. The van der Waals surface area contributed by atoms with Crippen molar-refractivity contribution in [3.05, 3.63) is 46.9 Å². The quantitative estimate of drug-likeness (QED) is 0.207. The number of ether oxygens (including phenoxy) is 1. The SMILES string of the molecule is CCc1n[nH]c(C)c1-c1ccc(NC(=O)[C@@H](NC(=O)c2cnn(C3CCOCC3)c2C)C(C2CCCCC2)C2CCCCC2)nc1F. The molecule has 2 aliphatic carbocycles. The number of anilines is 1. The molecule has 3 N–H and O–H groups in total. The highest BCUT2D eigenvalue weighted by molar-refractivity contribution is 6.01. The molecule has 47 heavy (non-hydrogen) atoms. The zero-order chi connectivity index (χ0) is 32.9. The summed E-state index contributed by atoms with van der Waals surface area (Å²) in [5, 5.41) is 18.0. The third-order valence-electron chi connectivity index (χ3n) is 10.9. The van der Waals surface area contributed by atoms with Gasteiger partial charge in [-0.05, 0) is 63.0 Å². The number of nitrogens with zero attached hydrogens (tertiary/aromatic N) is 4. The Kier molecular flexibility index (Phi) is 10.7. The van der Waals surface area contributed by atoms with Crippen molar-refractivity contribution in [1.82, 2.24) is 30.3 Å². The van der Waals surface area contributed by atoms with Crippen molar-refractivity contribution in [2.45, 2.75) is 116 Å². The van der Waals surface area contributed by atoms with E-state index in [-0.39, 0.29) is 29.6 Å². The first-order valence-corrected chi connectivity index (χ1v) is 17.8. The zero-order valence-corrected chi connectivity index (χ0v) is 28.1. The van der Waals surface area contributed by atoms with Gasteiger partial charge in [-0.25, -0.2) is 4.98 Å². The van der Waals surface area contributed by atoms with Crippen LogP contribution in [0.1, 0.15) is 117 Å². The van der Waals surface area contributed by atoms with Crippen molar-refractivity contribution in [2.24, 2.45) is 17.8 Å². The molecule has 10 nitrogen and oxygen atoms in total. The summed E-state index contributed by atoms with van der Waals surface area (Å²) in [5.74, 6) is -0.540. The smallest absolute Gasteiger partial charge is 0.255 e. The summed E-state index contributed by atoms with van der Waals surface area (Å²) in [5.41, 5.74) is 3.85. The van der Waals surface area contributed by atoms with Crippen LogP contribution < -0.4 is 10.6 Å². The number of hydrogen-bond acceptors (Lipinski definition) is 6. The van der Waals surface area contributed by atoms with E-state index in [9.17, 15) is 9.59 Å². The van der Waals surface area contributed by atoms with E-state index < -0.39 is 12.0 Å². The summed E-state index contributed by atoms with van der Waals surface area (Å²) in [6.07, 6.45) is 15.1. The molecule has 3 aromatic rings. The van der Waals surface area contributed by atoms with Crippen molar-refractivity contribution in [1.29, 1.82) is 0 Å². The van der Waals surface area contributed by atoms with Crippen LogP contribution in [0.3, 0.4) is 0 Å². The summed E-state index contributed by atoms with van der Waals surface area (Å²) >= 11 is 0. The lowest BCUT2D eigenvalue weighted by Crippen LogP contribution is -2.53. The molecule has 3 fully saturated rings. The first-order chi connectivity index (χ1) is 22.9. The Balaban J connectivity index is 1.30. The van der Waals surface area contributed by atoms with Gasteiger partial charge >= 0.3 is 0 Å². The molecule has 4 heterocycles. The summed E-state index contributed by atoms with van der Waals surface area (Å²) in [6.45, 7) is 7.10. The van der Waals surface area contributed by atoms with E-state index in [1.54, 1.807) is 18.3 Å². The summed E-state index contributed by atoms with van der Waals surface area (Å²) in [6, 6.07) is 2.69. The second-order valence-corrected chi connectivity index (χ2v) is 13.8. The molecule has 0 aromatic carbocycles. The van der Waals surface area contributed by atoms with E-state index in [4.69, 9.17) is 4.74 Å². The molecule has 0 radical (unpaired) electrons. The molecule has 2 amide bonds. The van der Waals surface area contributed by atoms with Crippen LogP contribution in [-0.2, 0) is 16.0 Å². The predicted molar refractivity (Wildman–Crippen MR) is 178 cm³/mol. The second kappa shape index (κ2) is 15.1. The van der Waals surface area contributed by atoms with Crippen LogP contribution in [0.15, 0.2) is 18.3 Å². The molecular weight excluding hydrogens is 597 g/mol. The van der Waals surface area contributed by atoms with Gasteiger partial charge in [-0.1, -0.05) is 71.1 Å². The molecular formula is C36H50FN7O3. The van der Waals surface area contributed by atoms with E-state index in [2.05, 4.69) is 30.9 Å². The fraction of sp³-hybridized carbons (Fsp3) is 0.639. The Hall–Kier alpha value is -3.60. The van der Waals surface area contributed by atoms with Crippen LogP contribution in [0.25, 0.3) is 11.1 Å².